The summed E-state index contributed by atoms with van der Waals surface area (Å²) in [6.07, 6.45) is 6.12. The first-order chi connectivity index (χ1) is 14.2. The number of nitrogens with zero attached hydrogens (tertiary/aromatic N) is 2. The topological polar surface area (TPSA) is 23.6 Å². The Balaban J connectivity index is 1.81. The molecule has 1 atom stereocenters. The molecule has 3 heteroatoms. The lowest BCUT2D eigenvalue weighted by molar-refractivity contribution is -0.137. The van der Waals surface area contributed by atoms with Gasteiger partial charge in [-0.25, -0.2) is 0 Å². The van der Waals surface area contributed by atoms with Crippen LogP contribution in [0.3, 0.4) is 0 Å². The molecule has 3 nitrogen and oxygen atoms in total. The fourth-order valence-corrected chi connectivity index (χ4v) is 5.43. The van der Waals surface area contributed by atoms with Crippen LogP contribution >= 0.6 is 0 Å². The second-order valence-corrected chi connectivity index (χ2v) is 8.80. The van der Waals surface area contributed by atoms with Gasteiger partial charge in [0, 0.05) is 19.6 Å². The number of likely N-dealkylation sites (tertiary alicyclic amines) is 2. The minimum absolute atomic E-state index is 0.193. The van der Waals surface area contributed by atoms with E-state index in [1.165, 1.54) is 19.3 Å². The van der Waals surface area contributed by atoms with Crippen molar-refractivity contribution in [3.8, 4) is 0 Å². The summed E-state index contributed by atoms with van der Waals surface area (Å²) in [6, 6.07) is 21.1. The van der Waals surface area contributed by atoms with E-state index in [0.29, 0.717) is 0 Å². The van der Waals surface area contributed by atoms with Gasteiger partial charge in [-0.3, -0.25) is 4.79 Å². The molecule has 2 aromatic carbocycles. The predicted molar refractivity (Wildman–Crippen MR) is 119 cm³/mol. The van der Waals surface area contributed by atoms with Crippen LogP contribution in [0.4, 0.5) is 0 Å². The van der Waals surface area contributed by atoms with Crippen molar-refractivity contribution in [2.75, 3.05) is 32.7 Å². The summed E-state index contributed by atoms with van der Waals surface area (Å²) < 4.78 is 0. The molecule has 0 bridgehead atoms. The van der Waals surface area contributed by atoms with Crippen molar-refractivity contribution in [2.45, 2.75) is 44.4 Å². The Morgan fingerprint density at radius 3 is 1.79 bits per heavy atom. The first kappa shape index (κ1) is 20.2. The Bertz CT molecular complexity index is 737. The number of rotatable bonds is 6. The number of hydrogen-bond acceptors (Lipinski definition) is 2. The highest BCUT2D eigenvalue weighted by Crippen LogP contribution is 2.42. The van der Waals surface area contributed by atoms with Crippen LogP contribution in [0.5, 0.6) is 0 Å². The Morgan fingerprint density at radius 2 is 1.28 bits per heavy atom. The molecular formula is C26H34N2O. The molecule has 2 aliphatic rings. The third kappa shape index (κ3) is 3.98. The SMILES string of the molecule is C[C@H](CN1CCCCC1)C(C(=O)N1CCCC1)(c1ccccc1)c1ccccc1. The monoisotopic (exact) mass is 390 g/mol. The van der Waals surface area contributed by atoms with Crippen LogP contribution < -0.4 is 0 Å². The lowest BCUT2D eigenvalue weighted by Crippen LogP contribution is -2.53. The predicted octanol–water partition coefficient (Wildman–Crippen LogP) is 4.72. The molecule has 29 heavy (non-hydrogen) atoms. The molecule has 0 radical (unpaired) electrons. The number of piperidine rings is 1. The second kappa shape index (κ2) is 9.13. The molecule has 4 rings (SSSR count). The molecule has 0 unspecified atom stereocenters. The van der Waals surface area contributed by atoms with Gasteiger partial charge in [0.05, 0.1) is 0 Å². The molecule has 2 saturated heterocycles. The van der Waals surface area contributed by atoms with Crippen LogP contribution in [0, 0.1) is 5.92 Å². The van der Waals surface area contributed by atoms with Gasteiger partial charge < -0.3 is 9.80 Å². The Morgan fingerprint density at radius 1 is 0.793 bits per heavy atom. The zero-order chi connectivity index (χ0) is 20.1. The van der Waals surface area contributed by atoms with Crippen molar-refractivity contribution in [3.05, 3.63) is 71.8 Å². The van der Waals surface area contributed by atoms with Gasteiger partial charge in [-0.15, -0.1) is 0 Å². The quantitative estimate of drug-likeness (QED) is 0.713. The van der Waals surface area contributed by atoms with Crippen LogP contribution in [-0.2, 0) is 10.2 Å². The summed E-state index contributed by atoms with van der Waals surface area (Å²) in [6.45, 7) is 7.34. The van der Waals surface area contributed by atoms with Crippen molar-refractivity contribution in [1.82, 2.24) is 9.80 Å². The fraction of sp³-hybridized carbons (Fsp3) is 0.500. The Kier molecular flexibility index (Phi) is 6.34. The average Bonchev–Trinajstić information content (AvgIpc) is 3.31. The summed E-state index contributed by atoms with van der Waals surface area (Å²) in [5.74, 6) is 0.482. The highest BCUT2D eigenvalue weighted by atomic mass is 16.2. The molecule has 0 N–H and O–H groups in total. The van der Waals surface area contributed by atoms with Gasteiger partial charge in [0.1, 0.15) is 5.41 Å². The van der Waals surface area contributed by atoms with Crippen molar-refractivity contribution < 1.29 is 4.79 Å². The van der Waals surface area contributed by atoms with Gasteiger partial charge in [-0.2, -0.15) is 0 Å². The second-order valence-electron chi connectivity index (χ2n) is 8.80. The molecule has 0 spiro atoms. The molecule has 2 aliphatic heterocycles. The summed E-state index contributed by atoms with van der Waals surface area (Å²) in [5.41, 5.74) is 1.63. The Hall–Kier alpha value is -2.13. The lowest BCUT2D eigenvalue weighted by Gasteiger charge is -2.43. The molecule has 0 aromatic heterocycles. The van der Waals surface area contributed by atoms with E-state index in [9.17, 15) is 4.79 Å². The third-order valence-electron chi connectivity index (χ3n) is 6.91. The van der Waals surface area contributed by atoms with Gasteiger partial charge in [0.2, 0.25) is 5.91 Å². The molecule has 2 aromatic rings. The van der Waals surface area contributed by atoms with E-state index >= 15 is 0 Å². The van der Waals surface area contributed by atoms with Crippen LogP contribution in [0.2, 0.25) is 0 Å². The molecular weight excluding hydrogens is 356 g/mol. The van der Waals surface area contributed by atoms with Crippen molar-refractivity contribution in [3.63, 3.8) is 0 Å². The van der Waals surface area contributed by atoms with E-state index in [1.807, 2.05) is 0 Å². The van der Waals surface area contributed by atoms with Gasteiger partial charge >= 0.3 is 0 Å². The van der Waals surface area contributed by atoms with Gasteiger partial charge in [-0.05, 0) is 55.8 Å². The zero-order valence-electron chi connectivity index (χ0n) is 17.7. The van der Waals surface area contributed by atoms with Crippen molar-refractivity contribution in [2.24, 2.45) is 5.92 Å². The molecule has 0 saturated carbocycles. The highest BCUT2D eigenvalue weighted by Gasteiger charge is 2.49. The summed E-state index contributed by atoms with van der Waals surface area (Å²) in [4.78, 5) is 19.0. The third-order valence-corrected chi connectivity index (χ3v) is 6.91. The van der Waals surface area contributed by atoms with Crippen LogP contribution in [0.1, 0.15) is 50.2 Å². The van der Waals surface area contributed by atoms with Crippen molar-refractivity contribution >= 4 is 5.91 Å². The van der Waals surface area contributed by atoms with E-state index < -0.39 is 5.41 Å². The maximum atomic E-state index is 14.3. The van der Waals surface area contributed by atoms with E-state index in [0.717, 1.165) is 56.7 Å². The molecule has 2 fully saturated rings. The molecule has 154 valence electrons. The van der Waals surface area contributed by atoms with E-state index in [2.05, 4.69) is 77.4 Å². The fourth-order valence-electron chi connectivity index (χ4n) is 5.43. The first-order valence-corrected chi connectivity index (χ1v) is 11.4. The lowest BCUT2D eigenvalue weighted by atomic mass is 9.65. The maximum absolute atomic E-state index is 14.3. The number of carbonyl (C=O) groups excluding carboxylic acids is 1. The van der Waals surface area contributed by atoms with E-state index in [1.54, 1.807) is 0 Å². The molecule has 0 aliphatic carbocycles. The first-order valence-electron chi connectivity index (χ1n) is 11.4. The number of hydrogen-bond donors (Lipinski definition) is 0. The van der Waals surface area contributed by atoms with Gasteiger partial charge in [0.25, 0.3) is 0 Å². The standard InChI is InChI=1S/C26H34N2O/c1-22(21-27-17-9-4-10-18-27)26(23-13-5-2-6-14-23,24-15-7-3-8-16-24)25(29)28-19-11-12-20-28/h2-3,5-8,13-16,22H,4,9-12,17-21H2,1H3/t22-/m1/s1. The van der Waals surface area contributed by atoms with Gasteiger partial charge in [-0.1, -0.05) is 74.0 Å². The maximum Gasteiger partial charge on any atom is 0.238 e. The smallest absolute Gasteiger partial charge is 0.238 e. The van der Waals surface area contributed by atoms with Crippen LogP contribution in [-0.4, -0.2) is 48.4 Å². The number of benzene rings is 2. The van der Waals surface area contributed by atoms with Crippen LogP contribution in [0.15, 0.2) is 60.7 Å². The average molecular weight is 391 g/mol. The Labute approximate surface area is 175 Å². The molecule has 2 heterocycles. The normalized spacial score (nSPS) is 19.3. The largest absolute Gasteiger partial charge is 0.342 e. The molecule has 1 amide bonds. The summed E-state index contributed by atoms with van der Waals surface area (Å²) >= 11 is 0. The van der Waals surface area contributed by atoms with Gasteiger partial charge in [0.15, 0.2) is 0 Å². The van der Waals surface area contributed by atoms with E-state index in [4.69, 9.17) is 0 Å². The summed E-state index contributed by atoms with van der Waals surface area (Å²) in [7, 11) is 0. The zero-order valence-corrected chi connectivity index (χ0v) is 17.7. The van der Waals surface area contributed by atoms with Crippen molar-refractivity contribution in [1.29, 1.82) is 0 Å². The number of amides is 1. The minimum Gasteiger partial charge on any atom is -0.342 e. The number of carbonyl (C=O) groups is 1. The van der Waals surface area contributed by atoms with E-state index in [-0.39, 0.29) is 11.8 Å². The van der Waals surface area contributed by atoms with Crippen LogP contribution in [0.25, 0.3) is 0 Å². The highest BCUT2D eigenvalue weighted by molar-refractivity contribution is 5.92. The summed E-state index contributed by atoms with van der Waals surface area (Å²) in [5, 5.41) is 0. The minimum atomic E-state index is -0.635.